The lowest BCUT2D eigenvalue weighted by Gasteiger charge is -2.29. The number of ether oxygens (including phenoxy) is 1. The number of pyridine rings is 1. The standard InChI is InChI=1S/C21H20F3N5O2S/c1-29-10-7-15(8-11-29)31-16-6-9-25-17(12-16)18-26-20(32-28-18)27-19(30)13-2-4-14(5-3-13)21(22,23)24/h2-6,9,12,15H,7-8,10-11H2,1H3,(H,26,27,28,30). The van der Waals surface area contributed by atoms with E-state index in [9.17, 15) is 18.0 Å². The lowest BCUT2D eigenvalue weighted by atomic mass is 10.1. The molecule has 32 heavy (non-hydrogen) atoms. The highest BCUT2D eigenvalue weighted by atomic mass is 32.1. The van der Waals surface area contributed by atoms with Crippen LogP contribution in [0, 0.1) is 0 Å². The molecule has 2 aromatic heterocycles. The van der Waals surface area contributed by atoms with Gasteiger partial charge < -0.3 is 9.64 Å². The van der Waals surface area contributed by atoms with E-state index >= 15 is 0 Å². The molecular formula is C21H20F3N5O2S. The van der Waals surface area contributed by atoms with Crippen LogP contribution < -0.4 is 10.1 Å². The first-order chi connectivity index (χ1) is 15.3. The molecule has 168 valence electrons. The molecule has 0 radical (unpaired) electrons. The number of carbonyl (C=O) groups excluding carboxylic acids is 1. The minimum Gasteiger partial charge on any atom is -0.490 e. The molecule has 0 saturated carbocycles. The van der Waals surface area contributed by atoms with Crippen molar-refractivity contribution >= 4 is 22.6 Å². The lowest BCUT2D eigenvalue weighted by molar-refractivity contribution is -0.137. The number of aromatic nitrogens is 3. The number of halogens is 3. The van der Waals surface area contributed by atoms with Gasteiger partial charge in [-0.05, 0) is 50.2 Å². The van der Waals surface area contributed by atoms with Crippen LogP contribution in [0.1, 0.15) is 28.8 Å². The fourth-order valence-electron chi connectivity index (χ4n) is 3.26. The van der Waals surface area contributed by atoms with Crippen molar-refractivity contribution in [3.8, 4) is 17.3 Å². The van der Waals surface area contributed by atoms with Gasteiger partial charge in [0.05, 0.1) is 5.56 Å². The van der Waals surface area contributed by atoms with Gasteiger partial charge in [-0.2, -0.15) is 22.5 Å². The molecule has 3 heterocycles. The van der Waals surface area contributed by atoms with Gasteiger partial charge in [-0.1, -0.05) is 0 Å². The van der Waals surface area contributed by atoms with Gasteiger partial charge in [0.15, 0.2) is 5.82 Å². The molecule has 4 rings (SSSR count). The lowest BCUT2D eigenvalue weighted by Crippen LogP contribution is -2.35. The number of anilines is 1. The minimum atomic E-state index is -4.46. The number of hydrogen-bond acceptors (Lipinski definition) is 7. The van der Waals surface area contributed by atoms with E-state index in [1.807, 2.05) is 0 Å². The fourth-order valence-corrected chi connectivity index (χ4v) is 3.83. The van der Waals surface area contributed by atoms with E-state index in [4.69, 9.17) is 4.74 Å². The van der Waals surface area contributed by atoms with Gasteiger partial charge in [-0.15, -0.1) is 0 Å². The highest BCUT2D eigenvalue weighted by molar-refractivity contribution is 7.10. The number of benzene rings is 1. The van der Waals surface area contributed by atoms with E-state index < -0.39 is 17.6 Å². The topological polar surface area (TPSA) is 80.2 Å². The molecule has 0 spiro atoms. The average molecular weight is 463 g/mol. The first-order valence-corrected chi connectivity index (χ1v) is 10.7. The summed E-state index contributed by atoms with van der Waals surface area (Å²) in [5.74, 6) is 0.426. The summed E-state index contributed by atoms with van der Waals surface area (Å²) in [6.07, 6.45) is -0.807. The first-order valence-electron chi connectivity index (χ1n) is 9.92. The summed E-state index contributed by atoms with van der Waals surface area (Å²) in [4.78, 5) is 23.1. The Kier molecular flexibility index (Phi) is 6.38. The van der Waals surface area contributed by atoms with E-state index in [2.05, 4.69) is 31.6 Å². The fraction of sp³-hybridized carbons (Fsp3) is 0.333. The van der Waals surface area contributed by atoms with E-state index in [-0.39, 0.29) is 16.8 Å². The normalized spacial score (nSPS) is 15.5. The van der Waals surface area contributed by atoms with Crippen molar-refractivity contribution in [1.82, 2.24) is 19.2 Å². The van der Waals surface area contributed by atoms with Gasteiger partial charge in [0.1, 0.15) is 17.5 Å². The summed E-state index contributed by atoms with van der Waals surface area (Å²) >= 11 is 0.957. The molecule has 1 N–H and O–H groups in total. The Morgan fingerprint density at radius 3 is 2.59 bits per heavy atom. The number of carbonyl (C=O) groups is 1. The van der Waals surface area contributed by atoms with Crippen LogP contribution in [0.15, 0.2) is 42.6 Å². The number of rotatable bonds is 5. The highest BCUT2D eigenvalue weighted by Crippen LogP contribution is 2.29. The summed E-state index contributed by atoms with van der Waals surface area (Å²) < 4.78 is 48.3. The van der Waals surface area contributed by atoms with Crippen molar-refractivity contribution < 1.29 is 22.7 Å². The van der Waals surface area contributed by atoms with Crippen molar-refractivity contribution in [2.24, 2.45) is 0 Å². The summed E-state index contributed by atoms with van der Waals surface area (Å²) in [6, 6.07) is 7.49. The summed E-state index contributed by atoms with van der Waals surface area (Å²) in [5.41, 5.74) is -0.233. The molecule has 0 unspecified atom stereocenters. The van der Waals surface area contributed by atoms with Crippen molar-refractivity contribution in [2.45, 2.75) is 25.1 Å². The maximum atomic E-state index is 12.7. The molecule has 1 amide bonds. The van der Waals surface area contributed by atoms with Crippen molar-refractivity contribution in [2.75, 3.05) is 25.5 Å². The summed E-state index contributed by atoms with van der Waals surface area (Å²) in [7, 11) is 2.09. The van der Waals surface area contributed by atoms with Crippen LogP contribution in [-0.2, 0) is 6.18 Å². The van der Waals surface area contributed by atoms with E-state index in [0.717, 1.165) is 61.7 Å². The van der Waals surface area contributed by atoms with Gasteiger partial charge in [-0.3, -0.25) is 15.1 Å². The third-order valence-electron chi connectivity index (χ3n) is 5.05. The molecule has 3 aromatic rings. The van der Waals surface area contributed by atoms with Crippen LogP contribution in [0.2, 0.25) is 0 Å². The Hall–Kier alpha value is -3.05. The van der Waals surface area contributed by atoms with Gasteiger partial charge in [0.2, 0.25) is 5.13 Å². The predicted octanol–water partition coefficient (Wildman–Crippen LogP) is 4.34. The molecule has 7 nitrogen and oxygen atoms in total. The maximum Gasteiger partial charge on any atom is 0.416 e. The monoisotopic (exact) mass is 463 g/mol. The van der Waals surface area contributed by atoms with E-state index in [1.54, 1.807) is 18.3 Å². The molecule has 0 atom stereocenters. The zero-order valence-electron chi connectivity index (χ0n) is 17.1. The molecule has 11 heteroatoms. The summed E-state index contributed by atoms with van der Waals surface area (Å²) in [6.45, 7) is 1.97. The van der Waals surface area contributed by atoms with Crippen LogP contribution in [0.3, 0.4) is 0 Å². The second kappa shape index (κ2) is 9.21. The Balaban J connectivity index is 1.41. The van der Waals surface area contributed by atoms with Gasteiger partial charge >= 0.3 is 6.18 Å². The largest absolute Gasteiger partial charge is 0.490 e. The Morgan fingerprint density at radius 1 is 1.19 bits per heavy atom. The Labute approximate surface area is 186 Å². The van der Waals surface area contributed by atoms with Gasteiger partial charge in [-0.25, -0.2) is 0 Å². The maximum absolute atomic E-state index is 12.7. The van der Waals surface area contributed by atoms with Crippen LogP contribution in [0.4, 0.5) is 18.3 Å². The number of amides is 1. The van der Waals surface area contributed by atoms with Crippen LogP contribution >= 0.6 is 11.5 Å². The van der Waals surface area contributed by atoms with Gasteiger partial charge in [0, 0.05) is 42.4 Å². The Bertz CT molecular complexity index is 1080. The summed E-state index contributed by atoms with van der Waals surface area (Å²) in [5, 5.41) is 2.77. The number of piperidine rings is 1. The van der Waals surface area contributed by atoms with Crippen LogP contribution in [0.5, 0.6) is 5.75 Å². The zero-order valence-corrected chi connectivity index (χ0v) is 17.9. The number of hydrogen-bond donors (Lipinski definition) is 1. The van der Waals surface area contributed by atoms with Crippen molar-refractivity contribution in [3.05, 3.63) is 53.7 Å². The third-order valence-corrected chi connectivity index (χ3v) is 5.68. The number of alkyl halides is 3. The average Bonchev–Trinajstić information content (AvgIpc) is 3.23. The number of nitrogens with zero attached hydrogens (tertiary/aromatic N) is 4. The molecule has 1 aliphatic rings. The molecule has 1 fully saturated rings. The molecular weight excluding hydrogens is 443 g/mol. The van der Waals surface area contributed by atoms with Crippen LogP contribution in [0.25, 0.3) is 11.5 Å². The molecule has 0 bridgehead atoms. The van der Waals surface area contributed by atoms with Crippen molar-refractivity contribution in [3.63, 3.8) is 0 Å². The SMILES string of the molecule is CN1CCC(Oc2ccnc(-c3nsc(NC(=O)c4ccc(C(F)(F)F)cc4)n3)c2)CC1. The quantitative estimate of drug-likeness (QED) is 0.606. The molecule has 1 saturated heterocycles. The van der Waals surface area contributed by atoms with E-state index in [0.29, 0.717) is 17.3 Å². The minimum absolute atomic E-state index is 0.0846. The smallest absolute Gasteiger partial charge is 0.416 e. The molecule has 1 aromatic carbocycles. The number of nitrogens with one attached hydrogen (secondary N) is 1. The third kappa shape index (κ3) is 5.40. The predicted molar refractivity (Wildman–Crippen MR) is 114 cm³/mol. The molecule has 0 aliphatic carbocycles. The highest BCUT2D eigenvalue weighted by Gasteiger charge is 2.30. The second-order valence-corrected chi connectivity index (χ2v) is 8.20. The van der Waals surface area contributed by atoms with Crippen molar-refractivity contribution in [1.29, 1.82) is 0 Å². The van der Waals surface area contributed by atoms with E-state index in [1.165, 1.54) is 0 Å². The second-order valence-electron chi connectivity index (χ2n) is 7.45. The molecule has 1 aliphatic heterocycles. The van der Waals surface area contributed by atoms with Crippen LogP contribution in [-0.4, -0.2) is 51.4 Å². The zero-order chi connectivity index (χ0) is 22.7. The Morgan fingerprint density at radius 2 is 1.91 bits per heavy atom. The first kappa shape index (κ1) is 22.2. The van der Waals surface area contributed by atoms with Gasteiger partial charge in [0.25, 0.3) is 5.91 Å². The number of likely N-dealkylation sites (tertiary alicyclic amines) is 1.